The number of hydrogen-bond donors (Lipinski definition) is 1. The van der Waals surface area contributed by atoms with Crippen molar-refractivity contribution in [2.45, 2.75) is 13.1 Å². The highest BCUT2D eigenvalue weighted by molar-refractivity contribution is 5.96. The Kier molecular flexibility index (Phi) is 6.79. The SMILES string of the molecule is COc1cccc(CNC(=O)N2CCN(Cc3nc4cc(C(=O)N(C)C)ccc4o3)CC2)c1. The molecule has 1 aromatic heterocycles. The van der Waals surface area contributed by atoms with Gasteiger partial charge in [-0.2, -0.15) is 0 Å². The lowest BCUT2D eigenvalue weighted by Crippen LogP contribution is -2.51. The average Bonchev–Trinajstić information content (AvgIpc) is 3.24. The molecular formula is C24H29N5O4. The molecule has 0 spiro atoms. The van der Waals surface area contributed by atoms with Crippen molar-refractivity contribution in [1.29, 1.82) is 0 Å². The number of amides is 3. The molecule has 3 amide bonds. The number of nitrogens with one attached hydrogen (secondary N) is 1. The molecule has 174 valence electrons. The highest BCUT2D eigenvalue weighted by Gasteiger charge is 2.22. The number of rotatable bonds is 6. The predicted octanol–water partition coefficient (Wildman–Crippen LogP) is 2.57. The van der Waals surface area contributed by atoms with Gasteiger partial charge < -0.3 is 24.3 Å². The molecule has 9 nitrogen and oxygen atoms in total. The molecule has 1 aliphatic rings. The van der Waals surface area contributed by atoms with E-state index < -0.39 is 0 Å². The zero-order valence-corrected chi connectivity index (χ0v) is 19.2. The first-order chi connectivity index (χ1) is 15.9. The van der Waals surface area contributed by atoms with E-state index in [-0.39, 0.29) is 11.9 Å². The maximum atomic E-state index is 12.5. The highest BCUT2D eigenvalue weighted by atomic mass is 16.5. The van der Waals surface area contributed by atoms with E-state index in [1.165, 1.54) is 4.90 Å². The summed E-state index contributed by atoms with van der Waals surface area (Å²) in [7, 11) is 5.07. The van der Waals surface area contributed by atoms with Crippen LogP contribution in [0.3, 0.4) is 0 Å². The summed E-state index contributed by atoms with van der Waals surface area (Å²) in [5, 5.41) is 2.98. The second-order valence-electron chi connectivity index (χ2n) is 8.26. The largest absolute Gasteiger partial charge is 0.497 e. The van der Waals surface area contributed by atoms with Crippen molar-refractivity contribution in [2.24, 2.45) is 0 Å². The van der Waals surface area contributed by atoms with Crippen LogP contribution in [0, 0.1) is 0 Å². The maximum Gasteiger partial charge on any atom is 0.317 e. The van der Waals surface area contributed by atoms with Crippen LogP contribution in [0.1, 0.15) is 21.8 Å². The van der Waals surface area contributed by atoms with E-state index in [2.05, 4.69) is 15.2 Å². The number of piperazine rings is 1. The summed E-state index contributed by atoms with van der Waals surface area (Å²) in [6, 6.07) is 12.9. The Hall–Kier alpha value is -3.59. The molecule has 0 atom stereocenters. The summed E-state index contributed by atoms with van der Waals surface area (Å²) < 4.78 is 11.1. The summed E-state index contributed by atoms with van der Waals surface area (Å²) in [6.07, 6.45) is 0. The molecule has 4 rings (SSSR count). The first kappa shape index (κ1) is 22.6. The van der Waals surface area contributed by atoms with Gasteiger partial charge in [0.2, 0.25) is 5.89 Å². The van der Waals surface area contributed by atoms with E-state index in [1.54, 1.807) is 39.4 Å². The van der Waals surface area contributed by atoms with Crippen LogP contribution in [0.15, 0.2) is 46.9 Å². The number of urea groups is 1. The van der Waals surface area contributed by atoms with Crippen LogP contribution >= 0.6 is 0 Å². The molecule has 33 heavy (non-hydrogen) atoms. The minimum atomic E-state index is -0.0718. The third-order valence-electron chi connectivity index (χ3n) is 5.68. The number of hydrogen-bond acceptors (Lipinski definition) is 6. The molecule has 2 aromatic carbocycles. The number of carbonyl (C=O) groups excluding carboxylic acids is 2. The quantitative estimate of drug-likeness (QED) is 0.620. The van der Waals surface area contributed by atoms with Crippen molar-refractivity contribution in [2.75, 3.05) is 47.4 Å². The Labute approximate surface area is 192 Å². The van der Waals surface area contributed by atoms with Crippen LogP contribution < -0.4 is 10.1 Å². The van der Waals surface area contributed by atoms with Gasteiger partial charge in [0.1, 0.15) is 11.3 Å². The third kappa shape index (κ3) is 5.43. The lowest BCUT2D eigenvalue weighted by molar-refractivity contribution is 0.0827. The van der Waals surface area contributed by atoms with Crippen molar-refractivity contribution in [3.63, 3.8) is 0 Å². The zero-order chi connectivity index (χ0) is 23.4. The molecule has 3 aromatic rings. The van der Waals surface area contributed by atoms with Gasteiger partial charge in [-0.3, -0.25) is 9.69 Å². The Morgan fingerprint density at radius 2 is 1.91 bits per heavy atom. The van der Waals surface area contributed by atoms with E-state index in [4.69, 9.17) is 9.15 Å². The Morgan fingerprint density at radius 3 is 2.64 bits per heavy atom. The monoisotopic (exact) mass is 451 g/mol. The number of ether oxygens (including phenoxy) is 1. The van der Waals surface area contributed by atoms with Crippen LogP contribution in [0.25, 0.3) is 11.1 Å². The maximum absolute atomic E-state index is 12.5. The highest BCUT2D eigenvalue weighted by Crippen LogP contribution is 2.20. The Balaban J connectivity index is 1.28. The van der Waals surface area contributed by atoms with Gasteiger partial charge >= 0.3 is 6.03 Å². The van der Waals surface area contributed by atoms with Gasteiger partial charge in [0.15, 0.2) is 5.58 Å². The normalized spacial score (nSPS) is 14.3. The summed E-state index contributed by atoms with van der Waals surface area (Å²) in [6.45, 7) is 3.74. The van der Waals surface area contributed by atoms with E-state index in [0.717, 1.165) is 24.4 Å². The van der Waals surface area contributed by atoms with E-state index in [1.807, 2.05) is 29.2 Å². The van der Waals surface area contributed by atoms with E-state index in [0.29, 0.717) is 48.7 Å². The van der Waals surface area contributed by atoms with Crippen LogP contribution in [-0.2, 0) is 13.1 Å². The molecule has 0 aliphatic carbocycles. The van der Waals surface area contributed by atoms with Crippen molar-refractivity contribution in [3.05, 3.63) is 59.5 Å². The molecule has 1 aliphatic heterocycles. The van der Waals surface area contributed by atoms with Gasteiger partial charge in [0.05, 0.1) is 13.7 Å². The number of oxazole rings is 1. The Morgan fingerprint density at radius 1 is 1.12 bits per heavy atom. The van der Waals surface area contributed by atoms with E-state index in [9.17, 15) is 9.59 Å². The molecule has 0 unspecified atom stereocenters. The lowest BCUT2D eigenvalue weighted by Gasteiger charge is -2.34. The fraction of sp³-hybridized carbons (Fsp3) is 0.375. The molecule has 9 heteroatoms. The Bertz CT molecular complexity index is 1130. The number of methoxy groups -OCH3 is 1. The number of benzene rings is 2. The number of fused-ring (bicyclic) bond motifs is 1. The second-order valence-corrected chi connectivity index (χ2v) is 8.26. The fourth-order valence-corrected chi connectivity index (χ4v) is 3.81. The van der Waals surface area contributed by atoms with Gasteiger partial charge in [-0.05, 0) is 35.9 Å². The standard InChI is InChI=1S/C24H29N5O4/c1-27(2)23(30)18-7-8-21-20(14-18)26-22(33-21)16-28-9-11-29(12-10-28)24(31)25-15-17-5-4-6-19(13-17)32-3/h4-8,13-14H,9-12,15-16H2,1-3H3,(H,25,31). The van der Waals surface area contributed by atoms with Crippen LogP contribution in [0.5, 0.6) is 5.75 Å². The molecule has 1 N–H and O–H groups in total. The van der Waals surface area contributed by atoms with Gasteiger partial charge in [-0.1, -0.05) is 12.1 Å². The first-order valence-corrected chi connectivity index (χ1v) is 10.9. The van der Waals surface area contributed by atoms with Crippen molar-refractivity contribution in [3.8, 4) is 5.75 Å². The van der Waals surface area contributed by atoms with Gasteiger partial charge in [0, 0.05) is 52.4 Å². The molecule has 1 saturated heterocycles. The van der Waals surface area contributed by atoms with Crippen LogP contribution in [0.2, 0.25) is 0 Å². The molecule has 0 saturated carbocycles. The van der Waals surface area contributed by atoms with E-state index >= 15 is 0 Å². The predicted molar refractivity (Wildman–Crippen MR) is 124 cm³/mol. The zero-order valence-electron chi connectivity index (χ0n) is 19.2. The second kappa shape index (κ2) is 9.91. The van der Waals surface area contributed by atoms with Gasteiger partial charge in [0.25, 0.3) is 5.91 Å². The number of carbonyl (C=O) groups is 2. The van der Waals surface area contributed by atoms with Gasteiger partial charge in [-0.15, -0.1) is 0 Å². The third-order valence-corrected chi connectivity index (χ3v) is 5.68. The fourth-order valence-electron chi connectivity index (χ4n) is 3.81. The minimum absolute atomic E-state index is 0.0674. The van der Waals surface area contributed by atoms with Crippen LogP contribution in [-0.4, -0.2) is 79.0 Å². The topological polar surface area (TPSA) is 91.2 Å². The molecule has 1 fully saturated rings. The lowest BCUT2D eigenvalue weighted by atomic mass is 10.2. The first-order valence-electron chi connectivity index (χ1n) is 10.9. The average molecular weight is 452 g/mol. The molecule has 0 radical (unpaired) electrons. The molecule has 0 bridgehead atoms. The van der Waals surface area contributed by atoms with Crippen molar-refractivity contribution >= 4 is 23.0 Å². The summed E-state index contributed by atoms with van der Waals surface area (Å²) in [4.78, 5) is 34.8. The molecular weight excluding hydrogens is 422 g/mol. The van der Waals surface area contributed by atoms with Crippen molar-refractivity contribution in [1.82, 2.24) is 25.0 Å². The summed E-state index contributed by atoms with van der Waals surface area (Å²) in [5.74, 6) is 1.31. The van der Waals surface area contributed by atoms with Gasteiger partial charge in [-0.25, -0.2) is 9.78 Å². The summed E-state index contributed by atoms with van der Waals surface area (Å²) in [5.41, 5.74) is 2.91. The minimum Gasteiger partial charge on any atom is -0.497 e. The smallest absolute Gasteiger partial charge is 0.317 e. The number of nitrogens with zero attached hydrogens (tertiary/aromatic N) is 4. The summed E-state index contributed by atoms with van der Waals surface area (Å²) >= 11 is 0. The van der Waals surface area contributed by atoms with Crippen molar-refractivity contribution < 1.29 is 18.7 Å². The molecule has 2 heterocycles. The van der Waals surface area contributed by atoms with Crippen LogP contribution in [0.4, 0.5) is 4.79 Å². The number of aromatic nitrogens is 1.